The maximum absolute atomic E-state index is 4.62. The third-order valence-corrected chi connectivity index (χ3v) is 3.39. The van der Waals surface area contributed by atoms with E-state index < -0.39 is 0 Å². The van der Waals surface area contributed by atoms with Gasteiger partial charge in [0.2, 0.25) is 0 Å². The van der Waals surface area contributed by atoms with Crippen LogP contribution in [0.5, 0.6) is 0 Å². The molecule has 0 saturated carbocycles. The van der Waals surface area contributed by atoms with E-state index in [1.165, 1.54) is 0 Å². The monoisotopic (exact) mass is 214 g/mol. The molecule has 13 heavy (non-hydrogen) atoms. The molecule has 1 saturated heterocycles. The Morgan fingerprint density at radius 2 is 1.62 bits per heavy atom. The standard InChI is InChI=1S/C9H19N2.ClH.Mg/c1-8(2)9(3,4)11(5)7-6-10-8;;/h6-7H2,1-5H3;1H;/q-1;;+2/p-1. The summed E-state index contributed by atoms with van der Waals surface area (Å²) in [5.74, 6) is 0. The van der Waals surface area contributed by atoms with Gasteiger partial charge in [0.1, 0.15) is 0 Å². The normalized spacial score (nSPS) is 25.6. The van der Waals surface area contributed by atoms with E-state index >= 15 is 0 Å². The van der Waals surface area contributed by atoms with Gasteiger partial charge in [0.15, 0.2) is 0 Å². The van der Waals surface area contributed by atoms with Gasteiger partial charge in [-0.05, 0) is 27.4 Å². The Kier molecular flexibility index (Phi) is 6.52. The summed E-state index contributed by atoms with van der Waals surface area (Å²) < 4.78 is 0. The number of hydrogen-bond acceptors (Lipinski definition) is 1. The van der Waals surface area contributed by atoms with Crippen LogP contribution in [0.1, 0.15) is 27.7 Å². The van der Waals surface area contributed by atoms with Crippen molar-refractivity contribution in [3.05, 3.63) is 5.32 Å². The molecule has 0 aromatic rings. The molecule has 0 atom stereocenters. The summed E-state index contributed by atoms with van der Waals surface area (Å²) >= 11 is 0. The van der Waals surface area contributed by atoms with E-state index in [1.807, 2.05) is 0 Å². The maximum Gasteiger partial charge on any atom is 2.00 e. The molecule has 0 aliphatic carbocycles. The largest absolute Gasteiger partial charge is 2.00 e. The van der Waals surface area contributed by atoms with Gasteiger partial charge in [0.25, 0.3) is 0 Å². The minimum Gasteiger partial charge on any atom is -1.00 e. The van der Waals surface area contributed by atoms with Crippen LogP contribution in [0.2, 0.25) is 0 Å². The molecule has 0 N–H and O–H groups in total. The van der Waals surface area contributed by atoms with Crippen molar-refractivity contribution in [2.45, 2.75) is 38.8 Å². The summed E-state index contributed by atoms with van der Waals surface area (Å²) in [5.41, 5.74) is 0.297. The van der Waals surface area contributed by atoms with E-state index in [9.17, 15) is 0 Å². The molecular formula is C9H19ClMgN2. The third-order valence-electron chi connectivity index (χ3n) is 3.39. The Labute approximate surface area is 104 Å². The first-order chi connectivity index (χ1) is 4.88. The van der Waals surface area contributed by atoms with Gasteiger partial charge in [0, 0.05) is 5.54 Å². The Bertz CT molecular complexity index is 160. The van der Waals surface area contributed by atoms with Crippen molar-refractivity contribution >= 4 is 23.1 Å². The van der Waals surface area contributed by atoms with Gasteiger partial charge in [-0.25, -0.2) is 0 Å². The summed E-state index contributed by atoms with van der Waals surface area (Å²) in [7, 11) is 2.18. The van der Waals surface area contributed by atoms with E-state index in [-0.39, 0.29) is 46.5 Å². The molecule has 2 nitrogen and oxygen atoms in total. The van der Waals surface area contributed by atoms with Crippen molar-refractivity contribution in [3.63, 3.8) is 0 Å². The summed E-state index contributed by atoms with van der Waals surface area (Å²) in [5, 5.41) is 4.62. The SMILES string of the molecule is CN1CC[N-]C(C)(C)C1(C)C.[Cl-].[Mg+2]. The van der Waals surface area contributed by atoms with E-state index in [0.29, 0.717) is 0 Å². The smallest absolute Gasteiger partial charge is 1.00 e. The molecule has 0 spiro atoms. The molecule has 0 aromatic heterocycles. The quantitative estimate of drug-likeness (QED) is 0.449. The molecule has 1 aliphatic rings. The predicted molar refractivity (Wildman–Crippen MR) is 54.8 cm³/mol. The minimum absolute atomic E-state index is 0. The fourth-order valence-electron chi connectivity index (χ4n) is 1.42. The van der Waals surface area contributed by atoms with Gasteiger partial charge in [-0.15, -0.1) is 12.1 Å². The Morgan fingerprint density at radius 1 is 1.15 bits per heavy atom. The van der Waals surface area contributed by atoms with E-state index in [2.05, 4.69) is 45.0 Å². The van der Waals surface area contributed by atoms with Crippen LogP contribution >= 0.6 is 0 Å². The maximum atomic E-state index is 4.62. The Morgan fingerprint density at radius 3 is 1.92 bits per heavy atom. The third kappa shape index (κ3) is 2.96. The second-order valence-electron chi connectivity index (χ2n) is 4.42. The van der Waals surface area contributed by atoms with Gasteiger partial charge in [-0.3, -0.25) is 0 Å². The Balaban J connectivity index is 0. The molecule has 74 valence electrons. The number of rotatable bonds is 0. The number of likely N-dealkylation sites (N-methyl/N-ethyl adjacent to an activating group) is 1. The average molecular weight is 215 g/mol. The molecule has 0 radical (unpaired) electrons. The first-order valence-corrected chi connectivity index (χ1v) is 4.28. The molecule has 1 heterocycles. The van der Waals surface area contributed by atoms with Gasteiger partial charge in [-0.1, -0.05) is 13.8 Å². The predicted octanol–water partition coefficient (Wildman–Crippen LogP) is -1.51. The van der Waals surface area contributed by atoms with E-state index in [4.69, 9.17) is 0 Å². The van der Waals surface area contributed by atoms with Crippen LogP contribution in [0.15, 0.2) is 0 Å². The fraction of sp³-hybridized carbons (Fsp3) is 1.00. The second-order valence-corrected chi connectivity index (χ2v) is 4.42. The van der Waals surface area contributed by atoms with Crippen molar-refractivity contribution in [3.8, 4) is 0 Å². The Hall–Kier alpha value is 0.976. The van der Waals surface area contributed by atoms with Crippen LogP contribution in [0.4, 0.5) is 0 Å². The van der Waals surface area contributed by atoms with Crippen molar-refractivity contribution in [1.29, 1.82) is 0 Å². The zero-order chi connectivity index (χ0) is 8.70. The summed E-state index contributed by atoms with van der Waals surface area (Å²) in [6.07, 6.45) is 0. The van der Waals surface area contributed by atoms with Crippen LogP contribution in [-0.2, 0) is 0 Å². The number of nitrogens with zero attached hydrogens (tertiary/aromatic N) is 2. The van der Waals surface area contributed by atoms with Gasteiger partial charge in [-0.2, -0.15) is 0 Å². The zero-order valence-electron chi connectivity index (χ0n) is 9.39. The number of piperazine rings is 1. The first-order valence-electron chi connectivity index (χ1n) is 4.28. The molecule has 1 aliphatic heterocycles. The van der Waals surface area contributed by atoms with Crippen LogP contribution < -0.4 is 12.4 Å². The number of halogens is 1. The molecule has 0 amide bonds. The summed E-state index contributed by atoms with van der Waals surface area (Å²) in [4.78, 5) is 2.39. The molecule has 4 heteroatoms. The van der Waals surface area contributed by atoms with Crippen LogP contribution in [-0.4, -0.2) is 59.2 Å². The molecule has 1 fully saturated rings. The van der Waals surface area contributed by atoms with Gasteiger partial charge >= 0.3 is 23.1 Å². The minimum atomic E-state index is 0. The molecule has 0 aromatic carbocycles. The summed E-state index contributed by atoms with van der Waals surface area (Å²) in [6, 6.07) is 0. The second kappa shape index (κ2) is 5.17. The first kappa shape index (κ1) is 16.4. The van der Waals surface area contributed by atoms with Crippen molar-refractivity contribution in [1.82, 2.24) is 4.90 Å². The van der Waals surface area contributed by atoms with Crippen molar-refractivity contribution in [2.75, 3.05) is 20.1 Å². The van der Waals surface area contributed by atoms with Gasteiger partial charge in [0.05, 0.1) is 0 Å². The van der Waals surface area contributed by atoms with Gasteiger partial charge < -0.3 is 22.6 Å². The molecule has 1 rings (SSSR count). The van der Waals surface area contributed by atoms with E-state index in [0.717, 1.165) is 13.1 Å². The van der Waals surface area contributed by atoms with Crippen LogP contribution in [0.25, 0.3) is 5.32 Å². The molecule has 0 unspecified atom stereocenters. The van der Waals surface area contributed by atoms with Crippen LogP contribution in [0.3, 0.4) is 0 Å². The van der Waals surface area contributed by atoms with E-state index in [1.54, 1.807) is 0 Å². The van der Waals surface area contributed by atoms with Crippen LogP contribution in [0, 0.1) is 0 Å². The molecule has 0 bridgehead atoms. The zero-order valence-corrected chi connectivity index (χ0v) is 11.6. The van der Waals surface area contributed by atoms with Crippen molar-refractivity contribution < 1.29 is 12.4 Å². The average Bonchev–Trinajstić information content (AvgIpc) is 1.84. The number of hydrogen-bond donors (Lipinski definition) is 0. The summed E-state index contributed by atoms with van der Waals surface area (Å²) in [6.45, 7) is 11.0. The molecular weight excluding hydrogens is 196 g/mol. The fourth-order valence-corrected chi connectivity index (χ4v) is 1.42. The van der Waals surface area contributed by atoms with Crippen molar-refractivity contribution in [2.24, 2.45) is 0 Å². The topological polar surface area (TPSA) is 17.3 Å².